The topological polar surface area (TPSA) is 41.6 Å². The molecule has 0 aliphatic carbocycles. The Morgan fingerprint density at radius 3 is 2.81 bits per heavy atom. The molecule has 1 N–H and O–H groups in total. The summed E-state index contributed by atoms with van der Waals surface area (Å²) in [4.78, 5) is 13.7. The molecule has 2 rings (SSSR count). The molecule has 21 heavy (non-hydrogen) atoms. The zero-order chi connectivity index (χ0) is 15.2. The molecule has 5 heteroatoms. The van der Waals surface area contributed by atoms with E-state index >= 15 is 0 Å². The fraction of sp³-hybridized carbons (Fsp3) is 0.312. The number of nitrogens with zero attached hydrogens (tertiary/aromatic N) is 1. The largest absolute Gasteiger partial charge is 0.445 e. The van der Waals surface area contributed by atoms with Crippen LogP contribution in [0.2, 0.25) is 0 Å². The third-order valence-corrected chi connectivity index (χ3v) is 3.83. The Labute approximate surface area is 129 Å². The van der Waals surface area contributed by atoms with Crippen LogP contribution >= 0.6 is 11.3 Å². The van der Waals surface area contributed by atoms with Crippen molar-refractivity contribution in [2.75, 3.05) is 19.0 Å². The number of aryl methyl sites for hydroxylation is 1. The summed E-state index contributed by atoms with van der Waals surface area (Å²) in [7, 11) is 3.96. The Morgan fingerprint density at radius 2 is 2.14 bits per heavy atom. The minimum atomic E-state index is -0.397. The van der Waals surface area contributed by atoms with E-state index in [1.807, 2.05) is 54.9 Å². The van der Waals surface area contributed by atoms with Gasteiger partial charge in [0, 0.05) is 31.9 Å². The van der Waals surface area contributed by atoms with Gasteiger partial charge >= 0.3 is 6.09 Å². The number of thiophene rings is 1. The quantitative estimate of drug-likeness (QED) is 0.918. The molecular formula is C16H20N2O2S. The van der Waals surface area contributed by atoms with Crippen LogP contribution in [0, 0.1) is 6.92 Å². The van der Waals surface area contributed by atoms with Gasteiger partial charge in [0.05, 0.1) is 0 Å². The molecule has 0 saturated heterocycles. The highest BCUT2D eigenvalue weighted by Crippen LogP contribution is 2.21. The number of benzene rings is 1. The SMILES string of the molecule is Cc1ccc(COC(=O)NCc2ccsc2)c(N(C)C)c1. The molecule has 0 spiro atoms. The molecule has 0 aliphatic heterocycles. The van der Waals surface area contributed by atoms with E-state index in [4.69, 9.17) is 4.74 Å². The van der Waals surface area contributed by atoms with E-state index in [2.05, 4.69) is 11.4 Å². The van der Waals surface area contributed by atoms with E-state index in [-0.39, 0.29) is 6.61 Å². The lowest BCUT2D eigenvalue weighted by Gasteiger charge is -2.18. The molecule has 1 heterocycles. The van der Waals surface area contributed by atoms with Gasteiger partial charge in [0.1, 0.15) is 6.61 Å². The molecule has 1 aromatic carbocycles. The van der Waals surface area contributed by atoms with Gasteiger partial charge in [-0.3, -0.25) is 0 Å². The van der Waals surface area contributed by atoms with Gasteiger partial charge < -0.3 is 15.0 Å². The molecule has 0 atom stereocenters. The summed E-state index contributed by atoms with van der Waals surface area (Å²) in [5, 5.41) is 6.74. The smallest absolute Gasteiger partial charge is 0.407 e. The molecule has 1 amide bonds. The molecule has 4 nitrogen and oxygen atoms in total. The summed E-state index contributed by atoms with van der Waals surface area (Å²) in [6.07, 6.45) is -0.397. The van der Waals surface area contributed by atoms with Crippen LogP contribution in [0.5, 0.6) is 0 Å². The van der Waals surface area contributed by atoms with Crippen LogP contribution in [0.3, 0.4) is 0 Å². The number of carbonyl (C=O) groups is 1. The maximum atomic E-state index is 11.7. The first kappa shape index (κ1) is 15.4. The van der Waals surface area contributed by atoms with Crippen molar-refractivity contribution < 1.29 is 9.53 Å². The Kier molecular flexibility index (Phi) is 5.22. The number of ether oxygens (including phenoxy) is 1. The summed E-state index contributed by atoms with van der Waals surface area (Å²) >= 11 is 1.61. The van der Waals surface area contributed by atoms with Gasteiger partial charge in [0.15, 0.2) is 0 Å². The number of hydrogen-bond donors (Lipinski definition) is 1. The molecule has 112 valence electrons. The molecular weight excluding hydrogens is 284 g/mol. The van der Waals surface area contributed by atoms with Gasteiger partial charge in [0.25, 0.3) is 0 Å². The van der Waals surface area contributed by atoms with Crippen LogP contribution in [0.25, 0.3) is 0 Å². The van der Waals surface area contributed by atoms with Gasteiger partial charge in [-0.2, -0.15) is 11.3 Å². The molecule has 0 bridgehead atoms. The molecule has 0 saturated carbocycles. The maximum Gasteiger partial charge on any atom is 0.407 e. The average molecular weight is 304 g/mol. The first-order valence-electron chi connectivity index (χ1n) is 6.75. The van der Waals surface area contributed by atoms with Crippen molar-refractivity contribution in [2.24, 2.45) is 0 Å². The number of amides is 1. The number of rotatable bonds is 5. The minimum Gasteiger partial charge on any atom is -0.445 e. The van der Waals surface area contributed by atoms with Crippen LogP contribution in [0.15, 0.2) is 35.0 Å². The zero-order valence-electron chi connectivity index (χ0n) is 12.6. The van der Waals surface area contributed by atoms with Crippen molar-refractivity contribution >= 4 is 23.1 Å². The first-order valence-corrected chi connectivity index (χ1v) is 7.69. The molecule has 0 radical (unpaired) electrons. The average Bonchev–Trinajstić information content (AvgIpc) is 2.97. The van der Waals surface area contributed by atoms with Crippen LogP contribution in [0.4, 0.5) is 10.5 Å². The van der Waals surface area contributed by atoms with E-state index in [9.17, 15) is 4.79 Å². The fourth-order valence-corrected chi connectivity index (χ4v) is 2.64. The number of carbonyl (C=O) groups excluding carboxylic acids is 1. The number of anilines is 1. The predicted molar refractivity (Wildman–Crippen MR) is 86.8 cm³/mol. The van der Waals surface area contributed by atoms with E-state index < -0.39 is 6.09 Å². The zero-order valence-corrected chi connectivity index (χ0v) is 13.4. The molecule has 0 fully saturated rings. The van der Waals surface area contributed by atoms with Crippen molar-refractivity contribution in [2.45, 2.75) is 20.1 Å². The summed E-state index contributed by atoms with van der Waals surface area (Å²) in [6.45, 7) is 2.81. The van der Waals surface area contributed by atoms with Crippen molar-refractivity contribution in [1.82, 2.24) is 5.32 Å². The highest BCUT2D eigenvalue weighted by molar-refractivity contribution is 7.07. The standard InChI is InChI=1S/C16H20N2O2S/c1-12-4-5-14(15(8-12)18(2)3)10-20-16(19)17-9-13-6-7-21-11-13/h4-8,11H,9-10H2,1-3H3,(H,17,19). The van der Waals surface area contributed by atoms with Crippen molar-refractivity contribution in [1.29, 1.82) is 0 Å². The lowest BCUT2D eigenvalue weighted by molar-refractivity contribution is 0.139. The normalized spacial score (nSPS) is 10.2. The number of hydrogen-bond acceptors (Lipinski definition) is 4. The lowest BCUT2D eigenvalue weighted by atomic mass is 10.1. The fourth-order valence-electron chi connectivity index (χ4n) is 1.97. The maximum absolute atomic E-state index is 11.7. The third-order valence-electron chi connectivity index (χ3n) is 3.10. The second-order valence-corrected chi connectivity index (χ2v) is 5.87. The Bertz CT molecular complexity index is 594. The van der Waals surface area contributed by atoms with E-state index in [0.29, 0.717) is 6.54 Å². The monoisotopic (exact) mass is 304 g/mol. The summed E-state index contributed by atoms with van der Waals surface area (Å²) in [6, 6.07) is 8.09. The Hall–Kier alpha value is -2.01. The number of alkyl carbamates (subject to hydrolysis) is 1. The molecule has 2 aromatic rings. The van der Waals surface area contributed by atoms with Gasteiger partial charge in [0.2, 0.25) is 0 Å². The number of nitrogens with one attached hydrogen (secondary N) is 1. The highest BCUT2D eigenvalue weighted by atomic mass is 32.1. The van der Waals surface area contributed by atoms with E-state index in [1.165, 1.54) is 5.56 Å². The van der Waals surface area contributed by atoms with Crippen LogP contribution in [-0.4, -0.2) is 20.2 Å². The van der Waals surface area contributed by atoms with Gasteiger partial charge in [-0.15, -0.1) is 0 Å². The Morgan fingerprint density at radius 1 is 1.33 bits per heavy atom. The van der Waals surface area contributed by atoms with Gasteiger partial charge in [-0.05, 0) is 40.9 Å². The molecule has 0 aliphatic rings. The summed E-state index contributed by atoms with van der Waals surface area (Å²) < 4.78 is 5.28. The highest BCUT2D eigenvalue weighted by Gasteiger charge is 2.08. The lowest BCUT2D eigenvalue weighted by Crippen LogP contribution is -2.23. The summed E-state index contributed by atoms with van der Waals surface area (Å²) in [5.74, 6) is 0. The summed E-state index contributed by atoms with van der Waals surface area (Å²) in [5.41, 5.74) is 4.34. The first-order chi connectivity index (χ1) is 10.1. The van der Waals surface area contributed by atoms with Gasteiger partial charge in [-0.25, -0.2) is 4.79 Å². The van der Waals surface area contributed by atoms with Crippen molar-refractivity contribution in [3.63, 3.8) is 0 Å². The van der Waals surface area contributed by atoms with E-state index in [1.54, 1.807) is 11.3 Å². The van der Waals surface area contributed by atoms with E-state index in [0.717, 1.165) is 16.8 Å². The minimum absolute atomic E-state index is 0.267. The van der Waals surface area contributed by atoms with Crippen LogP contribution < -0.4 is 10.2 Å². The second-order valence-electron chi connectivity index (χ2n) is 5.09. The van der Waals surface area contributed by atoms with Crippen LogP contribution in [-0.2, 0) is 17.9 Å². The third kappa shape index (κ3) is 4.49. The molecule has 1 aromatic heterocycles. The predicted octanol–water partition coefficient (Wildman–Crippen LogP) is 3.55. The second kappa shape index (κ2) is 7.13. The Balaban J connectivity index is 1.89. The van der Waals surface area contributed by atoms with Gasteiger partial charge in [-0.1, -0.05) is 12.1 Å². The van der Waals surface area contributed by atoms with Crippen molar-refractivity contribution in [3.05, 3.63) is 51.7 Å². The van der Waals surface area contributed by atoms with Crippen molar-refractivity contribution in [3.8, 4) is 0 Å². The molecule has 0 unspecified atom stereocenters. The van der Waals surface area contributed by atoms with Crippen LogP contribution in [0.1, 0.15) is 16.7 Å².